The molecule has 4 heteroatoms. The number of nitrogens with two attached hydrogens (primary N) is 1. The number of hydrogen-bond acceptors (Lipinski definition) is 4. The Morgan fingerprint density at radius 3 is 2.87 bits per heavy atom. The first-order valence-corrected chi connectivity index (χ1v) is 5.28. The fourth-order valence-electron chi connectivity index (χ4n) is 1.31. The van der Waals surface area contributed by atoms with Gasteiger partial charge >= 0.3 is 0 Å². The van der Waals surface area contributed by atoms with E-state index in [-0.39, 0.29) is 0 Å². The summed E-state index contributed by atoms with van der Waals surface area (Å²) in [5.41, 5.74) is 6.39. The maximum Gasteiger partial charge on any atom is 0.127 e. The number of nitrogens with one attached hydrogen (secondary N) is 1. The summed E-state index contributed by atoms with van der Waals surface area (Å²) in [6.07, 6.45) is 4.06. The molecule has 1 aromatic heterocycles. The number of nitrogen functional groups attached to an aromatic ring is 1. The largest absolute Gasteiger partial charge is 0.399 e. The van der Waals surface area contributed by atoms with Crippen LogP contribution in [-0.2, 0) is 0 Å². The normalized spacial score (nSPS) is 10.6. The van der Waals surface area contributed by atoms with Crippen molar-refractivity contribution >= 4 is 11.5 Å². The van der Waals surface area contributed by atoms with Gasteiger partial charge in [0, 0.05) is 24.5 Å². The molecule has 0 bridgehead atoms. The van der Waals surface area contributed by atoms with Gasteiger partial charge in [0.15, 0.2) is 0 Å². The molecule has 0 aliphatic heterocycles. The zero-order valence-electron chi connectivity index (χ0n) is 9.53. The molecule has 1 heterocycles. The molecule has 0 spiro atoms. The minimum atomic E-state index is 0.751. The molecule has 0 radical (unpaired) electrons. The fourth-order valence-corrected chi connectivity index (χ4v) is 1.31. The van der Waals surface area contributed by atoms with E-state index < -0.39 is 0 Å². The fraction of sp³-hybridized carbons (Fsp3) is 0.545. The van der Waals surface area contributed by atoms with Crippen molar-refractivity contribution in [2.45, 2.75) is 12.8 Å². The second-order valence-corrected chi connectivity index (χ2v) is 3.91. The number of unbranched alkanes of at least 4 members (excludes halogenated alkanes) is 1. The van der Waals surface area contributed by atoms with Crippen LogP contribution in [0.3, 0.4) is 0 Å². The Labute approximate surface area is 91.5 Å². The van der Waals surface area contributed by atoms with E-state index in [0.29, 0.717) is 0 Å². The maximum absolute atomic E-state index is 5.64. The van der Waals surface area contributed by atoms with Crippen LogP contribution in [0, 0.1) is 0 Å². The van der Waals surface area contributed by atoms with Crippen molar-refractivity contribution in [1.29, 1.82) is 0 Å². The van der Waals surface area contributed by atoms with Crippen molar-refractivity contribution in [3.05, 3.63) is 18.3 Å². The summed E-state index contributed by atoms with van der Waals surface area (Å²) < 4.78 is 0. The molecule has 0 unspecified atom stereocenters. The summed E-state index contributed by atoms with van der Waals surface area (Å²) in [7, 11) is 4.18. The molecule has 0 saturated heterocycles. The molecular weight excluding hydrogens is 188 g/mol. The lowest BCUT2D eigenvalue weighted by atomic mass is 10.3. The van der Waals surface area contributed by atoms with Gasteiger partial charge in [-0.25, -0.2) is 4.98 Å². The number of nitrogens with zero attached hydrogens (tertiary/aromatic N) is 2. The van der Waals surface area contributed by atoms with Gasteiger partial charge in [-0.05, 0) is 39.5 Å². The van der Waals surface area contributed by atoms with Crippen molar-refractivity contribution in [2.24, 2.45) is 0 Å². The van der Waals surface area contributed by atoms with Crippen molar-refractivity contribution in [2.75, 3.05) is 38.2 Å². The Bertz CT molecular complexity index is 286. The van der Waals surface area contributed by atoms with Crippen molar-refractivity contribution in [1.82, 2.24) is 9.88 Å². The standard InChI is InChI=1S/C11H20N4/c1-15(2)8-4-3-6-13-11-9-10(12)5-7-14-11/h5,7,9H,3-4,6,8H2,1-2H3,(H3,12,13,14). The summed E-state index contributed by atoms with van der Waals surface area (Å²) in [4.78, 5) is 6.36. The SMILES string of the molecule is CN(C)CCCCNc1cc(N)ccn1. The summed E-state index contributed by atoms with van der Waals surface area (Å²) in [5.74, 6) is 0.861. The summed E-state index contributed by atoms with van der Waals surface area (Å²) in [6.45, 7) is 2.08. The smallest absolute Gasteiger partial charge is 0.127 e. The van der Waals surface area contributed by atoms with Gasteiger partial charge in [-0.3, -0.25) is 0 Å². The van der Waals surface area contributed by atoms with E-state index in [1.54, 1.807) is 12.3 Å². The molecule has 0 aliphatic rings. The molecule has 0 amide bonds. The first-order valence-electron chi connectivity index (χ1n) is 5.28. The van der Waals surface area contributed by atoms with Crippen LogP contribution in [0.1, 0.15) is 12.8 Å². The van der Waals surface area contributed by atoms with E-state index in [4.69, 9.17) is 5.73 Å². The summed E-state index contributed by atoms with van der Waals surface area (Å²) in [6, 6.07) is 3.64. The lowest BCUT2D eigenvalue weighted by Crippen LogP contribution is -2.14. The average Bonchev–Trinajstić information content (AvgIpc) is 2.17. The topological polar surface area (TPSA) is 54.2 Å². The second-order valence-electron chi connectivity index (χ2n) is 3.91. The van der Waals surface area contributed by atoms with Gasteiger partial charge in [-0.15, -0.1) is 0 Å². The van der Waals surface area contributed by atoms with E-state index in [9.17, 15) is 0 Å². The minimum absolute atomic E-state index is 0.751. The van der Waals surface area contributed by atoms with Gasteiger partial charge in [-0.1, -0.05) is 0 Å². The Kier molecular flexibility index (Phi) is 4.90. The maximum atomic E-state index is 5.64. The van der Waals surface area contributed by atoms with Crippen molar-refractivity contribution < 1.29 is 0 Å². The van der Waals surface area contributed by atoms with Crippen LogP contribution < -0.4 is 11.1 Å². The Hall–Kier alpha value is -1.29. The van der Waals surface area contributed by atoms with Crippen LogP contribution in [0.4, 0.5) is 11.5 Å². The van der Waals surface area contributed by atoms with Crippen LogP contribution in [-0.4, -0.2) is 37.1 Å². The predicted octanol–water partition coefficient (Wildman–Crippen LogP) is 1.42. The van der Waals surface area contributed by atoms with E-state index in [1.807, 2.05) is 6.07 Å². The van der Waals surface area contributed by atoms with Crippen molar-refractivity contribution in [3.8, 4) is 0 Å². The molecule has 15 heavy (non-hydrogen) atoms. The Balaban J connectivity index is 2.15. The number of hydrogen-bond donors (Lipinski definition) is 2. The minimum Gasteiger partial charge on any atom is -0.399 e. The van der Waals surface area contributed by atoms with Crippen LogP contribution in [0.2, 0.25) is 0 Å². The third kappa shape index (κ3) is 5.22. The molecule has 0 aromatic carbocycles. The number of anilines is 2. The van der Waals surface area contributed by atoms with Gasteiger partial charge < -0.3 is 16.0 Å². The van der Waals surface area contributed by atoms with Crippen LogP contribution in [0.5, 0.6) is 0 Å². The second kappa shape index (κ2) is 6.24. The van der Waals surface area contributed by atoms with Gasteiger partial charge in [-0.2, -0.15) is 0 Å². The number of rotatable bonds is 6. The van der Waals surface area contributed by atoms with Crippen LogP contribution >= 0.6 is 0 Å². The van der Waals surface area contributed by atoms with E-state index in [0.717, 1.165) is 31.0 Å². The highest BCUT2D eigenvalue weighted by Gasteiger charge is 1.94. The monoisotopic (exact) mass is 208 g/mol. The van der Waals surface area contributed by atoms with Crippen LogP contribution in [0.15, 0.2) is 18.3 Å². The van der Waals surface area contributed by atoms with Crippen molar-refractivity contribution in [3.63, 3.8) is 0 Å². The molecule has 1 rings (SSSR count). The quantitative estimate of drug-likeness (QED) is 0.694. The lowest BCUT2D eigenvalue weighted by molar-refractivity contribution is 0.396. The molecule has 0 fully saturated rings. The van der Waals surface area contributed by atoms with Gasteiger partial charge in [0.25, 0.3) is 0 Å². The van der Waals surface area contributed by atoms with Gasteiger partial charge in [0.2, 0.25) is 0 Å². The van der Waals surface area contributed by atoms with Crippen LogP contribution in [0.25, 0.3) is 0 Å². The summed E-state index contributed by atoms with van der Waals surface area (Å²) >= 11 is 0. The highest BCUT2D eigenvalue weighted by molar-refractivity contribution is 5.48. The van der Waals surface area contributed by atoms with Gasteiger partial charge in [0.1, 0.15) is 5.82 Å². The van der Waals surface area contributed by atoms with E-state index in [2.05, 4.69) is 29.3 Å². The highest BCUT2D eigenvalue weighted by atomic mass is 15.0. The summed E-state index contributed by atoms with van der Waals surface area (Å²) in [5, 5.41) is 3.25. The average molecular weight is 208 g/mol. The zero-order chi connectivity index (χ0) is 11.1. The molecule has 3 N–H and O–H groups in total. The highest BCUT2D eigenvalue weighted by Crippen LogP contribution is 2.07. The lowest BCUT2D eigenvalue weighted by Gasteiger charge is -2.09. The predicted molar refractivity (Wildman–Crippen MR) is 64.9 cm³/mol. The Morgan fingerprint density at radius 2 is 2.20 bits per heavy atom. The molecule has 84 valence electrons. The molecule has 0 saturated carbocycles. The molecule has 1 aromatic rings. The third-order valence-electron chi connectivity index (χ3n) is 2.12. The first-order chi connectivity index (χ1) is 7.18. The first kappa shape index (κ1) is 11.8. The Morgan fingerprint density at radius 1 is 1.40 bits per heavy atom. The third-order valence-corrected chi connectivity index (χ3v) is 2.12. The van der Waals surface area contributed by atoms with Gasteiger partial charge in [0.05, 0.1) is 0 Å². The number of pyridine rings is 1. The molecule has 4 nitrogen and oxygen atoms in total. The zero-order valence-corrected chi connectivity index (χ0v) is 9.53. The number of aromatic nitrogens is 1. The molecule has 0 atom stereocenters. The molecular formula is C11H20N4. The van der Waals surface area contributed by atoms with E-state index in [1.165, 1.54) is 6.42 Å². The molecule has 0 aliphatic carbocycles. The van der Waals surface area contributed by atoms with E-state index >= 15 is 0 Å².